The predicted molar refractivity (Wildman–Crippen MR) is 75.6 cm³/mol. The largest absolute Gasteiger partial charge is 0.492 e. The summed E-state index contributed by atoms with van der Waals surface area (Å²) >= 11 is 3.40. The number of halogens is 1. The number of nitrogens with two attached hydrogens (primary N) is 1. The topological polar surface area (TPSA) is 64.3 Å². The molecule has 5 heteroatoms. The fourth-order valence-corrected chi connectivity index (χ4v) is 1.79. The van der Waals surface area contributed by atoms with Crippen molar-refractivity contribution in [1.82, 2.24) is 5.32 Å². The highest BCUT2D eigenvalue weighted by atomic mass is 79.9. The van der Waals surface area contributed by atoms with Crippen LogP contribution in [0.3, 0.4) is 0 Å². The third-order valence-corrected chi connectivity index (χ3v) is 3.00. The van der Waals surface area contributed by atoms with Gasteiger partial charge in [-0.05, 0) is 47.4 Å². The third-order valence-electron chi connectivity index (χ3n) is 2.35. The van der Waals surface area contributed by atoms with E-state index in [2.05, 4.69) is 21.2 Å². The molecule has 0 atom stereocenters. The van der Waals surface area contributed by atoms with Crippen LogP contribution >= 0.6 is 15.9 Å². The van der Waals surface area contributed by atoms with Gasteiger partial charge in [-0.2, -0.15) is 0 Å². The zero-order valence-corrected chi connectivity index (χ0v) is 11.9. The van der Waals surface area contributed by atoms with E-state index in [1.54, 1.807) is 0 Å². The first-order valence-corrected chi connectivity index (χ1v) is 6.87. The van der Waals surface area contributed by atoms with Crippen LogP contribution in [0.1, 0.15) is 19.3 Å². The van der Waals surface area contributed by atoms with Crippen molar-refractivity contribution in [2.45, 2.75) is 19.3 Å². The molecule has 1 amide bonds. The van der Waals surface area contributed by atoms with Crippen LogP contribution in [0.5, 0.6) is 5.75 Å². The van der Waals surface area contributed by atoms with Gasteiger partial charge in [-0.25, -0.2) is 0 Å². The molecule has 0 saturated carbocycles. The van der Waals surface area contributed by atoms with Crippen molar-refractivity contribution < 1.29 is 9.53 Å². The first-order valence-electron chi connectivity index (χ1n) is 6.08. The van der Waals surface area contributed by atoms with Gasteiger partial charge in [-0.3, -0.25) is 4.79 Å². The molecule has 0 fully saturated rings. The second-order valence-corrected chi connectivity index (χ2v) is 4.73. The Hall–Kier alpha value is -1.07. The average Bonchev–Trinajstić information content (AvgIpc) is 2.37. The van der Waals surface area contributed by atoms with Crippen LogP contribution in [0.2, 0.25) is 0 Å². The first-order chi connectivity index (χ1) is 8.74. The Labute approximate surface area is 116 Å². The van der Waals surface area contributed by atoms with E-state index in [-0.39, 0.29) is 5.91 Å². The maximum absolute atomic E-state index is 11.4. The Kier molecular flexibility index (Phi) is 7.44. The van der Waals surface area contributed by atoms with E-state index < -0.39 is 0 Å². The summed E-state index contributed by atoms with van der Waals surface area (Å²) in [5.74, 6) is 0.861. The molecule has 0 bridgehead atoms. The molecule has 0 spiro atoms. The minimum absolute atomic E-state index is 0.0548. The van der Waals surface area contributed by atoms with E-state index in [0.717, 1.165) is 16.6 Å². The summed E-state index contributed by atoms with van der Waals surface area (Å²) in [5, 5.41) is 2.81. The van der Waals surface area contributed by atoms with Crippen LogP contribution in [0.25, 0.3) is 0 Å². The Balaban J connectivity index is 2.12. The van der Waals surface area contributed by atoms with Crippen LogP contribution in [0.15, 0.2) is 28.7 Å². The molecule has 0 radical (unpaired) electrons. The van der Waals surface area contributed by atoms with Crippen LogP contribution in [0, 0.1) is 0 Å². The van der Waals surface area contributed by atoms with Gasteiger partial charge in [-0.15, -0.1) is 0 Å². The molecule has 100 valence electrons. The third kappa shape index (κ3) is 6.02. The van der Waals surface area contributed by atoms with Gasteiger partial charge in [0.1, 0.15) is 5.75 Å². The fraction of sp³-hybridized carbons (Fsp3) is 0.462. The Morgan fingerprint density at radius 3 is 2.83 bits per heavy atom. The number of carbonyl (C=O) groups excluding carboxylic acids is 1. The Bertz CT molecular complexity index is 372. The number of ether oxygens (including phenoxy) is 1. The number of nitrogens with one attached hydrogen (secondary N) is 1. The molecule has 0 aliphatic heterocycles. The number of hydrogen-bond donors (Lipinski definition) is 2. The van der Waals surface area contributed by atoms with Gasteiger partial charge in [0, 0.05) is 13.0 Å². The highest BCUT2D eigenvalue weighted by Crippen LogP contribution is 2.23. The van der Waals surface area contributed by atoms with Crippen molar-refractivity contribution in [1.29, 1.82) is 0 Å². The zero-order chi connectivity index (χ0) is 13.2. The number of hydrogen-bond acceptors (Lipinski definition) is 3. The van der Waals surface area contributed by atoms with E-state index in [0.29, 0.717) is 32.5 Å². The number of benzene rings is 1. The zero-order valence-electron chi connectivity index (χ0n) is 10.3. The number of para-hydroxylation sites is 1. The number of rotatable bonds is 8. The summed E-state index contributed by atoms with van der Waals surface area (Å²) in [7, 11) is 0. The lowest BCUT2D eigenvalue weighted by Crippen LogP contribution is -2.26. The summed E-state index contributed by atoms with van der Waals surface area (Å²) in [5.41, 5.74) is 5.34. The van der Waals surface area contributed by atoms with Gasteiger partial charge in [0.05, 0.1) is 11.1 Å². The standard InChI is InChI=1S/C13H19BrN2O2/c14-11-5-1-2-6-12(11)18-10-3-7-13(17)16-9-4-8-15/h1-2,5-6H,3-4,7-10,15H2,(H,16,17). The lowest BCUT2D eigenvalue weighted by Gasteiger charge is -2.08. The van der Waals surface area contributed by atoms with Gasteiger partial charge < -0.3 is 15.8 Å². The fourth-order valence-electron chi connectivity index (χ4n) is 1.39. The summed E-state index contributed by atoms with van der Waals surface area (Å²) in [6.07, 6.45) is 2.00. The Morgan fingerprint density at radius 1 is 1.33 bits per heavy atom. The molecular weight excluding hydrogens is 296 g/mol. The van der Waals surface area contributed by atoms with Crippen LogP contribution < -0.4 is 15.8 Å². The monoisotopic (exact) mass is 314 g/mol. The molecule has 0 aliphatic rings. The molecule has 18 heavy (non-hydrogen) atoms. The average molecular weight is 315 g/mol. The summed E-state index contributed by atoms with van der Waals surface area (Å²) < 4.78 is 6.49. The second-order valence-electron chi connectivity index (χ2n) is 3.87. The first kappa shape index (κ1) is 15.0. The minimum atomic E-state index is 0.0548. The summed E-state index contributed by atoms with van der Waals surface area (Å²) in [4.78, 5) is 11.4. The van der Waals surface area contributed by atoms with Gasteiger partial charge in [0.2, 0.25) is 5.91 Å². The van der Waals surface area contributed by atoms with Crippen molar-refractivity contribution in [2.75, 3.05) is 19.7 Å². The lowest BCUT2D eigenvalue weighted by molar-refractivity contribution is -0.121. The molecule has 0 unspecified atom stereocenters. The highest BCUT2D eigenvalue weighted by Gasteiger charge is 2.02. The molecular formula is C13H19BrN2O2. The smallest absolute Gasteiger partial charge is 0.220 e. The van der Waals surface area contributed by atoms with Crippen LogP contribution in [0.4, 0.5) is 0 Å². The number of carbonyl (C=O) groups is 1. The maximum Gasteiger partial charge on any atom is 0.220 e. The molecule has 1 rings (SSSR count). The van der Waals surface area contributed by atoms with E-state index in [9.17, 15) is 4.79 Å². The van der Waals surface area contributed by atoms with Gasteiger partial charge >= 0.3 is 0 Å². The van der Waals surface area contributed by atoms with Crippen molar-refractivity contribution in [3.63, 3.8) is 0 Å². The van der Waals surface area contributed by atoms with Gasteiger partial charge in [0.15, 0.2) is 0 Å². The normalized spacial score (nSPS) is 10.1. The van der Waals surface area contributed by atoms with Gasteiger partial charge in [-0.1, -0.05) is 12.1 Å². The molecule has 0 heterocycles. The molecule has 4 nitrogen and oxygen atoms in total. The predicted octanol–water partition coefficient (Wildman–Crippen LogP) is 2.07. The van der Waals surface area contributed by atoms with Crippen molar-refractivity contribution in [2.24, 2.45) is 5.73 Å². The SMILES string of the molecule is NCCCNC(=O)CCCOc1ccccc1Br. The van der Waals surface area contributed by atoms with Crippen LogP contribution in [-0.2, 0) is 4.79 Å². The quantitative estimate of drug-likeness (QED) is 0.722. The van der Waals surface area contributed by atoms with Crippen LogP contribution in [-0.4, -0.2) is 25.6 Å². The van der Waals surface area contributed by atoms with E-state index in [4.69, 9.17) is 10.5 Å². The number of amides is 1. The van der Waals surface area contributed by atoms with Crippen molar-refractivity contribution in [3.8, 4) is 5.75 Å². The van der Waals surface area contributed by atoms with Crippen molar-refractivity contribution >= 4 is 21.8 Å². The summed E-state index contributed by atoms with van der Waals surface area (Å²) in [6, 6.07) is 7.67. The summed E-state index contributed by atoms with van der Waals surface area (Å²) in [6.45, 7) is 1.79. The second kappa shape index (κ2) is 8.94. The lowest BCUT2D eigenvalue weighted by atomic mass is 10.3. The molecule has 1 aromatic carbocycles. The maximum atomic E-state index is 11.4. The highest BCUT2D eigenvalue weighted by molar-refractivity contribution is 9.10. The molecule has 0 aromatic heterocycles. The molecule has 0 aliphatic carbocycles. The molecule has 3 N–H and O–H groups in total. The molecule has 1 aromatic rings. The van der Waals surface area contributed by atoms with E-state index >= 15 is 0 Å². The van der Waals surface area contributed by atoms with E-state index in [1.807, 2.05) is 24.3 Å². The van der Waals surface area contributed by atoms with Gasteiger partial charge in [0.25, 0.3) is 0 Å². The van der Waals surface area contributed by atoms with E-state index in [1.165, 1.54) is 0 Å². The minimum Gasteiger partial charge on any atom is -0.492 e. The Morgan fingerprint density at radius 2 is 2.11 bits per heavy atom. The van der Waals surface area contributed by atoms with Crippen molar-refractivity contribution in [3.05, 3.63) is 28.7 Å². The molecule has 0 saturated heterocycles.